The average Bonchev–Trinajstić information content (AvgIpc) is 3.61. The Morgan fingerprint density at radius 1 is 0.953 bits per heavy atom. The van der Waals surface area contributed by atoms with Gasteiger partial charge in [0.1, 0.15) is 22.6 Å². The number of benzene rings is 2. The van der Waals surface area contributed by atoms with Gasteiger partial charge in [-0.25, -0.2) is 13.4 Å². The standard InChI is InChI=1S/C32H28N4O6S/c1-18-8-10-19(11-9-18)30-29(31(37)33-2)22-14-21(25(16-28(22)42-30)36(3)43(5,38)39)20-13-23(32(40-4)35-17-20)27-15-24-26(41-27)7-6-12-34-24/h6-17H,1-5H3,(H,33,37). The number of carbonyl (C=O) groups excluding carboxylic acids is 1. The number of sulfonamides is 1. The molecule has 0 spiro atoms. The van der Waals surface area contributed by atoms with Gasteiger partial charge in [0.2, 0.25) is 15.9 Å². The number of pyridine rings is 2. The number of methoxy groups -OCH3 is 1. The number of anilines is 1. The largest absolute Gasteiger partial charge is 0.480 e. The lowest BCUT2D eigenvalue weighted by molar-refractivity contribution is 0.0964. The van der Waals surface area contributed by atoms with Crippen LogP contribution in [0.2, 0.25) is 0 Å². The molecular formula is C32H28N4O6S. The van der Waals surface area contributed by atoms with Crippen molar-refractivity contribution in [3.05, 3.63) is 84.2 Å². The molecule has 0 fully saturated rings. The predicted octanol–water partition coefficient (Wildman–Crippen LogP) is 6.04. The second-order valence-corrected chi connectivity index (χ2v) is 12.1. The molecule has 2 aromatic carbocycles. The first-order valence-electron chi connectivity index (χ1n) is 13.3. The Kier molecular flexibility index (Phi) is 6.89. The van der Waals surface area contributed by atoms with Crippen molar-refractivity contribution in [2.45, 2.75) is 6.92 Å². The molecule has 1 N–H and O–H groups in total. The van der Waals surface area contributed by atoms with Crippen molar-refractivity contribution in [2.75, 3.05) is 31.8 Å². The molecule has 10 nitrogen and oxygen atoms in total. The van der Waals surface area contributed by atoms with E-state index < -0.39 is 10.0 Å². The van der Waals surface area contributed by atoms with Crippen molar-refractivity contribution in [3.63, 3.8) is 0 Å². The van der Waals surface area contributed by atoms with Crippen LogP contribution in [0.4, 0.5) is 5.69 Å². The fraction of sp³-hybridized carbons (Fsp3) is 0.156. The van der Waals surface area contributed by atoms with Crippen LogP contribution in [0.25, 0.3) is 55.8 Å². The molecule has 11 heteroatoms. The summed E-state index contributed by atoms with van der Waals surface area (Å²) in [5.41, 5.74) is 5.69. The van der Waals surface area contributed by atoms with Crippen LogP contribution >= 0.6 is 0 Å². The molecule has 4 heterocycles. The molecular weight excluding hydrogens is 568 g/mol. The lowest BCUT2D eigenvalue weighted by Gasteiger charge is -2.21. The predicted molar refractivity (Wildman–Crippen MR) is 166 cm³/mol. The van der Waals surface area contributed by atoms with Gasteiger partial charge in [0.15, 0.2) is 5.58 Å². The Hall–Kier alpha value is -5.16. The topological polar surface area (TPSA) is 128 Å². The first kappa shape index (κ1) is 28.0. The Bertz CT molecular complexity index is 2100. The fourth-order valence-electron chi connectivity index (χ4n) is 5.00. The van der Waals surface area contributed by atoms with E-state index in [-0.39, 0.29) is 5.91 Å². The van der Waals surface area contributed by atoms with Gasteiger partial charge in [-0.1, -0.05) is 29.8 Å². The summed E-state index contributed by atoms with van der Waals surface area (Å²) in [6, 6.07) is 18.2. The molecule has 0 bridgehead atoms. The van der Waals surface area contributed by atoms with Gasteiger partial charge in [-0.15, -0.1) is 0 Å². The van der Waals surface area contributed by atoms with Gasteiger partial charge in [-0.2, -0.15) is 0 Å². The third-order valence-electron chi connectivity index (χ3n) is 7.32. The van der Waals surface area contributed by atoms with Crippen molar-refractivity contribution in [2.24, 2.45) is 0 Å². The third-order valence-corrected chi connectivity index (χ3v) is 8.51. The number of aryl methyl sites for hydroxylation is 1. The van der Waals surface area contributed by atoms with E-state index in [0.717, 1.165) is 11.8 Å². The van der Waals surface area contributed by atoms with E-state index in [9.17, 15) is 13.2 Å². The highest BCUT2D eigenvalue weighted by molar-refractivity contribution is 7.92. The van der Waals surface area contributed by atoms with Crippen LogP contribution in [0.1, 0.15) is 15.9 Å². The van der Waals surface area contributed by atoms with Crippen LogP contribution in [0, 0.1) is 6.92 Å². The number of rotatable bonds is 7. The van der Waals surface area contributed by atoms with Gasteiger partial charge >= 0.3 is 0 Å². The van der Waals surface area contributed by atoms with Gasteiger partial charge < -0.3 is 18.9 Å². The van der Waals surface area contributed by atoms with E-state index >= 15 is 0 Å². The highest BCUT2D eigenvalue weighted by atomic mass is 32.2. The van der Waals surface area contributed by atoms with E-state index in [2.05, 4.69) is 15.3 Å². The quantitative estimate of drug-likeness (QED) is 0.236. The minimum absolute atomic E-state index is 0.318. The maximum atomic E-state index is 13.3. The van der Waals surface area contributed by atoms with E-state index in [4.69, 9.17) is 13.6 Å². The molecule has 0 radical (unpaired) electrons. The molecule has 0 aliphatic rings. The van der Waals surface area contributed by atoms with Crippen LogP contribution in [0.5, 0.6) is 5.88 Å². The minimum Gasteiger partial charge on any atom is -0.480 e. The molecule has 0 saturated carbocycles. The van der Waals surface area contributed by atoms with Crippen LogP contribution < -0.4 is 14.4 Å². The van der Waals surface area contributed by atoms with E-state index in [1.54, 1.807) is 43.7 Å². The maximum absolute atomic E-state index is 13.3. The highest BCUT2D eigenvalue weighted by Crippen LogP contribution is 2.43. The third kappa shape index (κ3) is 4.97. The number of nitrogens with zero attached hydrogens (tertiary/aromatic N) is 3. The molecule has 0 aliphatic heterocycles. The molecule has 0 aliphatic carbocycles. The number of furan rings is 2. The zero-order valence-electron chi connectivity index (χ0n) is 24.1. The fourth-order valence-corrected chi connectivity index (χ4v) is 5.51. The van der Waals surface area contributed by atoms with Crippen molar-refractivity contribution in [1.29, 1.82) is 0 Å². The molecule has 218 valence electrons. The first-order valence-corrected chi connectivity index (χ1v) is 15.2. The summed E-state index contributed by atoms with van der Waals surface area (Å²) in [7, 11) is 0.836. The van der Waals surface area contributed by atoms with E-state index in [1.807, 2.05) is 43.3 Å². The molecule has 43 heavy (non-hydrogen) atoms. The number of ether oxygens (including phenoxy) is 1. The molecule has 0 atom stereocenters. The Labute approximate surface area is 248 Å². The van der Waals surface area contributed by atoms with Crippen LogP contribution in [0.3, 0.4) is 0 Å². The van der Waals surface area contributed by atoms with Crippen LogP contribution in [-0.4, -0.2) is 51.8 Å². The second-order valence-electron chi connectivity index (χ2n) is 10.1. The number of amides is 1. The second kappa shape index (κ2) is 10.6. The first-order chi connectivity index (χ1) is 20.6. The Balaban J connectivity index is 1.64. The SMILES string of the molecule is CNC(=O)c1c(-c2ccc(C)cc2)oc2cc(N(C)S(C)(=O)=O)c(-c3cnc(OC)c(-c4cc5ncccc5o4)c3)cc12. The molecule has 6 aromatic rings. The Morgan fingerprint density at radius 2 is 1.72 bits per heavy atom. The van der Waals surface area contributed by atoms with Gasteiger partial charge in [0.05, 0.1) is 30.2 Å². The number of nitrogens with one attached hydrogen (secondary N) is 1. The lowest BCUT2D eigenvalue weighted by Crippen LogP contribution is -2.25. The summed E-state index contributed by atoms with van der Waals surface area (Å²) >= 11 is 0. The summed E-state index contributed by atoms with van der Waals surface area (Å²) in [6.07, 6.45) is 4.39. The van der Waals surface area contributed by atoms with E-state index in [1.165, 1.54) is 18.5 Å². The molecule has 0 saturated heterocycles. The number of fused-ring (bicyclic) bond motifs is 2. The van der Waals surface area contributed by atoms with Gasteiger partial charge in [0.25, 0.3) is 5.91 Å². The van der Waals surface area contributed by atoms with Crippen LogP contribution in [-0.2, 0) is 10.0 Å². The van der Waals surface area contributed by atoms with Crippen molar-refractivity contribution in [1.82, 2.24) is 15.3 Å². The maximum Gasteiger partial charge on any atom is 0.255 e. The van der Waals surface area contributed by atoms with Crippen molar-refractivity contribution in [3.8, 4) is 39.7 Å². The molecule has 1 amide bonds. The number of hydrogen-bond acceptors (Lipinski definition) is 8. The summed E-state index contributed by atoms with van der Waals surface area (Å²) in [4.78, 5) is 22.1. The molecule has 0 unspecified atom stereocenters. The van der Waals surface area contributed by atoms with Crippen molar-refractivity contribution >= 4 is 43.7 Å². The van der Waals surface area contributed by atoms with Crippen molar-refractivity contribution < 1.29 is 26.8 Å². The van der Waals surface area contributed by atoms with Gasteiger partial charge in [-0.05, 0) is 31.2 Å². The number of hydrogen-bond donors (Lipinski definition) is 1. The van der Waals surface area contributed by atoms with Gasteiger partial charge in [-0.3, -0.25) is 14.1 Å². The summed E-state index contributed by atoms with van der Waals surface area (Å²) < 4.78 is 44.6. The normalized spacial score (nSPS) is 11.7. The zero-order chi connectivity index (χ0) is 30.5. The lowest BCUT2D eigenvalue weighted by atomic mass is 9.98. The molecule has 6 rings (SSSR count). The van der Waals surface area contributed by atoms with Crippen LogP contribution in [0.15, 0.2) is 81.9 Å². The number of carbonyl (C=O) groups is 1. The van der Waals surface area contributed by atoms with Gasteiger partial charge in [0, 0.05) is 60.7 Å². The average molecular weight is 597 g/mol. The van der Waals surface area contributed by atoms with E-state index in [0.29, 0.717) is 73.0 Å². The summed E-state index contributed by atoms with van der Waals surface area (Å²) in [5, 5.41) is 3.22. The highest BCUT2D eigenvalue weighted by Gasteiger charge is 2.26. The monoisotopic (exact) mass is 596 g/mol. The molecule has 4 aromatic heterocycles. The Morgan fingerprint density at radius 3 is 2.40 bits per heavy atom. The minimum atomic E-state index is -3.69. The smallest absolute Gasteiger partial charge is 0.255 e. The summed E-state index contributed by atoms with van der Waals surface area (Å²) in [6.45, 7) is 1.97. The zero-order valence-corrected chi connectivity index (χ0v) is 24.9. The summed E-state index contributed by atoms with van der Waals surface area (Å²) in [5.74, 6) is 0.837. The number of aromatic nitrogens is 2.